The molecule has 0 aliphatic heterocycles. The number of halogens is 1. The molecule has 0 aliphatic rings. The fraction of sp³-hybridized carbons (Fsp3) is 0.0741. The third-order valence-electron chi connectivity index (χ3n) is 4.94. The van der Waals surface area contributed by atoms with Crippen molar-refractivity contribution >= 4 is 44.8 Å². The van der Waals surface area contributed by atoms with Gasteiger partial charge in [0.2, 0.25) is 0 Å². The summed E-state index contributed by atoms with van der Waals surface area (Å²) in [6, 6.07) is 25.4. The predicted octanol–water partition coefficient (Wildman–Crippen LogP) is 5.36. The standard InChI is InChI=1S/C27H21BrN2O5/c1-33-25-13-18(9-12-24(25)35-27(32)21-7-4-8-22(28)14-21)16-29-30-26(31)17-34-23-11-10-19-5-2-3-6-20(19)15-23/h2-16H,17H2,1H3,(H,30,31)/b29-16+. The van der Waals surface area contributed by atoms with Gasteiger partial charge in [0.05, 0.1) is 18.9 Å². The average molecular weight is 533 g/mol. The second-order valence-corrected chi connectivity index (χ2v) is 8.32. The molecular weight excluding hydrogens is 512 g/mol. The number of carbonyl (C=O) groups is 2. The van der Waals surface area contributed by atoms with Gasteiger partial charge in [0, 0.05) is 4.47 Å². The molecule has 4 rings (SSSR count). The topological polar surface area (TPSA) is 86.2 Å². The molecule has 0 heterocycles. The second kappa shape index (κ2) is 11.3. The molecular formula is C27H21BrN2O5. The molecule has 7 nitrogen and oxygen atoms in total. The van der Waals surface area contributed by atoms with Crippen molar-refractivity contribution in [2.45, 2.75) is 0 Å². The number of hydrogen-bond donors (Lipinski definition) is 1. The lowest BCUT2D eigenvalue weighted by atomic mass is 10.1. The number of rotatable bonds is 8. The van der Waals surface area contributed by atoms with E-state index < -0.39 is 11.9 Å². The summed E-state index contributed by atoms with van der Waals surface area (Å²) >= 11 is 3.33. The Labute approximate surface area is 210 Å². The van der Waals surface area contributed by atoms with Crippen LogP contribution in [0.15, 0.2) is 94.5 Å². The third kappa shape index (κ3) is 6.45. The number of methoxy groups -OCH3 is 1. The van der Waals surface area contributed by atoms with Crippen LogP contribution >= 0.6 is 15.9 Å². The van der Waals surface area contributed by atoms with Crippen molar-refractivity contribution < 1.29 is 23.8 Å². The van der Waals surface area contributed by atoms with Crippen LogP contribution in [0.2, 0.25) is 0 Å². The highest BCUT2D eigenvalue weighted by atomic mass is 79.9. The van der Waals surface area contributed by atoms with Crippen molar-refractivity contribution in [1.29, 1.82) is 0 Å². The molecule has 8 heteroatoms. The summed E-state index contributed by atoms with van der Waals surface area (Å²) in [5.74, 6) is 0.303. The van der Waals surface area contributed by atoms with Gasteiger partial charge in [0.25, 0.3) is 5.91 Å². The van der Waals surface area contributed by atoms with Crippen molar-refractivity contribution in [3.8, 4) is 17.2 Å². The molecule has 0 unspecified atom stereocenters. The maximum atomic E-state index is 12.4. The van der Waals surface area contributed by atoms with Crippen molar-refractivity contribution in [1.82, 2.24) is 5.43 Å². The fourth-order valence-electron chi connectivity index (χ4n) is 3.24. The van der Waals surface area contributed by atoms with Crippen LogP contribution in [0.25, 0.3) is 10.8 Å². The van der Waals surface area contributed by atoms with E-state index in [1.165, 1.54) is 13.3 Å². The van der Waals surface area contributed by atoms with Crippen LogP contribution in [0.5, 0.6) is 17.2 Å². The Kier molecular flexibility index (Phi) is 7.74. The minimum Gasteiger partial charge on any atom is -0.493 e. The lowest BCUT2D eigenvalue weighted by Crippen LogP contribution is -2.24. The molecule has 4 aromatic rings. The maximum absolute atomic E-state index is 12.4. The average Bonchev–Trinajstić information content (AvgIpc) is 2.88. The molecule has 0 spiro atoms. The molecule has 0 saturated carbocycles. The van der Waals surface area contributed by atoms with Gasteiger partial charge in [0.1, 0.15) is 5.75 Å². The summed E-state index contributed by atoms with van der Waals surface area (Å²) in [7, 11) is 1.47. The van der Waals surface area contributed by atoms with Crippen molar-refractivity contribution in [2.75, 3.05) is 13.7 Å². The molecule has 0 radical (unpaired) electrons. The Bertz CT molecular complexity index is 1400. The molecule has 0 atom stereocenters. The normalized spacial score (nSPS) is 10.8. The minimum atomic E-state index is -0.510. The van der Waals surface area contributed by atoms with E-state index in [1.54, 1.807) is 36.4 Å². The van der Waals surface area contributed by atoms with Crippen LogP contribution in [0.1, 0.15) is 15.9 Å². The molecule has 0 aliphatic carbocycles. The smallest absolute Gasteiger partial charge is 0.343 e. The molecule has 1 amide bonds. The van der Waals surface area contributed by atoms with Gasteiger partial charge in [-0.1, -0.05) is 52.3 Å². The zero-order chi connectivity index (χ0) is 24.6. The van der Waals surface area contributed by atoms with Gasteiger partial charge < -0.3 is 14.2 Å². The summed E-state index contributed by atoms with van der Waals surface area (Å²) in [5, 5.41) is 6.08. The van der Waals surface area contributed by atoms with Gasteiger partial charge in [-0.15, -0.1) is 0 Å². The van der Waals surface area contributed by atoms with E-state index in [-0.39, 0.29) is 12.4 Å². The SMILES string of the molecule is COc1cc(/C=N/NC(=O)COc2ccc3ccccc3c2)ccc1OC(=O)c1cccc(Br)c1. The van der Waals surface area contributed by atoms with E-state index in [0.717, 1.165) is 15.2 Å². The first-order valence-electron chi connectivity index (χ1n) is 10.6. The Morgan fingerprint density at radius 1 is 0.914 bits per heavy atom. The number of ether oxygens (including phenoxy) is 3. The number of carbonyl (C=O) groups excluding carboxylic acids is 2. The number of benzene rings is 4. The summed E-state index contributed by atoms with van der Waals surface area (Å²) in [4.78, 5) is 24.5. The number of nitrogens with one attached hydrogen (secondary N) is 1. The van der Waals surface area contributed by atoms with E-state index >= 15 is 0 Å². The molecule has 0 fully saturated rings. The molecule has 35 heavy (non-hydrogen) atoms. The van der Waals surface area contributed by atoms with Crippen LogP contribution in [0, 0.1) is 0 Å². The number of esters is 1. The van der Waals surface area contributed by atoms with Crippen molar-refractivity contribution in [2.24, 2.45) is 5.10 Å². The second-order valence-electron chi connectivity index (χ2n) is 7.40. The maximum Gasteiger partial charge on any atom is 0.343 e. The molecule has 4 aromatic carbocycles. The summed E-state index contributed by atoms with van der Waals surface area (Å²) < 4.78 is 17.1. The lowest BCUT2D eigenvalue weighted by Gasteiger charge is -2.10. The Balaban J connectivity index is 1.32. The summed E-state index contributed by atoms with van der Waals surface area (Å²) in [6.07, 6.45) is 1.45. The summed E-state index contributed by atoms with van der Waals surface area (Å²) in [6.45, 7) is -0.177. The number of nitrogens with zero attached hydrogens (tertiary/aromatic N) is 1. The zero-order valence-electron chi connectivity index (χ0n) is 18.7. The largest absolute Gasteiger partial charge is 0.493 e. The number of hydrazone groups is 1. The van der Waals surface area contributed by atoms with E-state index in [4.69, 9.17) is 14.2 Å². The highest BCUT2D eigenvalue weighted by molar-refractivity contribution is 9.10. The van der Waals surface area contributed by atoms with Crippen LogP contribution in [-0.4, -0.2) is 31.8 Å². The predicted molar refractivity (Wildman–Crippen MR) is 137 cm³/mol. The molecule has 176 valence electrons. The van der Waals surface area contributed by atoms with Crippen LogP contribution in [0.3, 0.4) is 0 Å². The Morgan fingerprint density at radius 3 is 2.54 bits per heavy atom. The van der Waals surface area contributed by atoms with Crippen LogP contribution < -0.4 is 19.6 Å². The number of hydrogen-bond acceptors (Lipinski definition) is 6. The van der Waals surface area contributed by atoms with E-state index in [9.17, 15) is 9.59 Å². The van der Waals surface area contributed by atoms with Gasteiger partial charge in [-0.3, -0.25) is 4.79 Å². The quantitative estimate of drug-likeness (QED) is 0.143. The monoisotopic (exact) mass is 532 g/mol. The van der Waals surface area contributed by atoms with E-state index in [1.807, 2.05) is 48.5 Å². The first kappa shape index (κ1) is 24.0. The molecule has 0 aromatic heterocycles. The van der Waals surface area contributed by atoms with Gasteiger partial charge in [-0.05, 0) is 64.9 Å². The number of fused-ring (bicyclic) bond motifs is 1. The van der Waals surface area contributed by atoms with E-state index in [2.05, 4.69) is 26.5 Å². The molecule has 1 N–H and O–H groups in total. The molecule has 0 saturated heterocycles. The molecule has 0 bridgehead atoms. The Hall–Kier alpha value is -4.17. The Morgan fingerprint density at radius 2 is 1.74 bits per heavy atom. The fourth-order valence-corrected chi connectivity index (χ4v) is 3.64. The van der Waals surface area contributed by atoms with Crippen LogP contribution in [-0.2, 0) is 4.79 Å². The van der Waals surface area contributed by atoms with Gasteiger partial charge >= 0.3 is 5.97 Å². The van der Waals surface area contributed by atoms with Gasteiger partial charge in [0.15, 0.2) is 18.1 Å². The van der Waals surface area contributed by atoms with E-state index in [0.29, 0.717) is 22.6 Å². The first-order chi connectivity index (χ1) is 17.0. The van der Waals surface area contributed by atoms with Crippen molar-refractivity contribution in [3.63, 3.8) is 0 Å². The lowest BCUT2D eigenvalue weighted by molar-refractivity contribution is -0.123. The van der Waals surface area contributed by atoms with Crippen LogP contribution in [0.4, 0.5) is 0 Å². The zero-order valence-corrected chi connectivity index (χ0v) is 20.3. The third-order valence-corrected chi connectivity index (χ3v) is 5.44. The van der Waals surface area contributed by atoms with Crippen molar-refractivity contribution in [3.05, 3.63) is 101 Å². The van der Waals surface area contributed by atoms with Gasteiger partial charge in [-0.25, -0.2) is 10.2 Å². The highest BCUT2D eigenvalue weighted by Gasteiger charge is 2.13. The summed E-state index contributed by atoms with van der Waals surface area (Å²) in [5.41, 5.74) is 3.47. The number of amides is 1. The highest BCUT2D eigenvalue weighted by Crippen LogP contribution is 2.28. The first-order valence-corrected chi connectivity index (χ1v) is 11.4. The minimum absolute atomic E-state index is 0.177. The van der Waals surface area contributed by atoms with Gasteiger partial charge in [-0.2, -0.15) is 5.10 Å².